The highest BCUT2D eigenvalue weighted by Crippen LogP contribution is 2.08. The van der Waals surface area contributed by atoms with Gasteiger partial charge in [0.15, 0.2) is 0 Å². The van der Waals surface area contributed by atoms with Crippen molar-refractivity contribution in [2.75, 3.05) is 32.8 Å². The van der Waals surface area contributed by atoms with Crippen molar-refractivity contribution in [1.29, 1.82) is 0 Å². The van der Waals surface area contributed by atoms with Crippen LogP contribution in [0.4, 0.5) is 4.79 Å². The van der Waals surface area contributed by atoms with Crippen molar-refractivity contribution in [3.05, 3.63) is 0 Å². The summed E-state index contributed by atoms with van der Waals surface area (Å²) in [5, 5.41) is 2.72. The van der Waals surface area contributed by atoms with Crippen LogP contribution in [0.2, 0.25) is 0 Å². The number of thiocarbonyl (C=S) groups is 1. The third kappa shape index (κ3) is 5.67. The summed E-state index contributed by atoms with van der Waals surface area (Å²) in [6.45, 7) is 6.32. The Labute approximate surface area is 106 Å². The van der Waals surface area contributed by atoms with Crippen LogP contribution in [-0.2, 0) is 4.74 Å². The van der Waals surface area contributed by atoms with E-state index in [-0.39, 0.29) is 5.30 Å². The molecule has 0 saturated carbocycles. The highest BCUT2D eigenvalue weighted by atomic mass is 32.2. The van der Waals surface area contributed by atoms with Crippen molar-refractivity contribution in [1.82, 2.24) is 10.2 Å². The molecule has 92 valence electrons. The number of carbonyl (C=O) groups excluding carboxylic acids is 1. The summed E-state index contributed by atoms with van der Waals surface area (Å²) in [5.74, 6) is 0. The van der Waals surface area contributed by atoms with Crippen LogP contribution in [0.15, 0.2) is 0 Å². The number of carbonyl (C=O) groups is 1. The minimum Gasteiger partial charge on any atom is -0.458 e. The fourth-order valence-electron chi connectivity index (χ4n) is 1.58. The van der Waals surface area contributed by atoms with E-state index in [1.54, 1.807) is 6.92 Å². The summed E-state index contributed by atoms with van der Waals surface area (Å²) < 4.78 is 5.28. The Morgan fingerprint density at radius 2 is 2.19 bits per heavy atom. The molecule has 0 aromatic heterocycles. The SMILES string of the molecule is CCOC(=O)SC(=S)NCCN1CCCC1. The predicted octanol–water partition coefficient (Wildman–Crippen LogP) is 1.85. The van der Waals surface area contributed by atoms with Crippen molar-refractivity contribution in [3.8, 4) is 0 Å². The normalized spacial score (nSPS) is 16.1. The second-order valence-corrected chi connectivity index (χ2v) is 5.16. The number of thioether (sulfide) groups is 1. The van der Waals surface area contributed by atoms with Gasteiger partial charge in [-0.2, -0.15) is 0 Å². The third-order valence-electron chi connectivity index (χ3n) is 2.33. The first-order valence-electron chi connectivity index (χ1n) is 5.57. The van der Waals surface area contributed by atoms with Crippen LogP contribution in [0.25, 0.3) is 0 Å². The Hall–Kier alpha value is -0.330. The van der Waals surface area contributed by atoms with Crippen LogP contribution in [0.1, 0.15) is 19.8 Å². The summed E-state index contributed by atoms with van der Waals surface area (Å²) in [6, 6.07) is 0. The van der Waals surface area contributed by atoms with Crippen LogP contribution in [0.3, 0.4) is 0 Å². The van der Waals surface area contributed by atoms with Crippen LogP contribution in [-0.4, -0.2) is 47.3 Å². The summed E-state index contributed by atoms with van der Waals surface area (Å²) in [5.41, 5.74) is 0. The van der Waals surface area contributed by atoms with Gasteiger partial charge in [-0.1, -0.05) is 12.2 Å². The highest BCUT2D eigenvalue weighted by molar-refractivity contribution is 8.32. The van der Waals surface area contributed by atoms with Gasteiger partial charge in [-0.3, -0.25) is 0 Å². The van der Waals surface area contributed by atoms with Gasteiger partial charge in [0, 0.05) is 24.9 Å². The zero-order valence-corrected chi connectivity index (χ0v) is 11.2. The predicted molar refractivity (Wildman–Crippen MR) is 70.9 cm³/mol. The average molecular weight is 262 g/mol. The molecule has 1 rings (SSSR count). The van der Waals surface area contributed by atoms with E-state index in [1.807, 2.05) is 0 Å². The third-order valence-corrected chi connectivity index (χ3v) is 3.34. The van der Waals surface area contributed by atoms with Crippen LogP contribution < -0.4 is 5.32 Å². The molecule has 1 N–H and O–H groups in total. The zero-order valence-electron chi connectivity index (χ0n) is 9.53. The minimum absolute atomic E-state index is 0.332. The molecule has 0 radical (unpaired) electrons. The molecule has 16 heavy (non-hydrogen) atoms. The van der Waals surface area contributed by atoms with Crippen molar-refractivity contribution in [2.24, 2.45) is 0 Å². The quantitative estimate of drug-likeness (QED) is 0.616. The van der Waals surface area contributed by atoms with E-state index in [2.05, 4.69) is 10.2 Å². The van der Waals surface area contributed by atoms with E-state index in [4.69, 9.17) is 17.0 Å². The van der Waals surface area contributed by atoms with Gasteiger partial charge < -0.3 is 15.0 Å². The summed E-state index contributed by atoms with van der Waals surface area (Å²) in [7, 11) is 0. The molecule has 0 bridgehead atoms. The number of nitrogens with one attached hydrogen (secondary N) is 1. The molecule has 0 atom stereocenters. The van der Waals surface area contributed by atoms with E-state index in [0.29, 0.717) is 10.9 Å². The number of ether oxygens (including phenoxy) is 1. The lowest BCUT2D eigenvalue weighted by Crippen LogP contribution is -2.32. The molecule has 1 fully saturated rings. The molecule has 4 nitrogen and oxygen atoms in total. The maximum atomic E-state index is 11.1. The smallest absolute Gasteiger partial charge is 0.374 e. The topological polar surface area (TPSA) is 41.6 Å². The van der Waals surface area contributed by atoms with Crippen molar-refractivity contribution >= 4 is 33.6 Å². The van der Waals surface area contributed by atoms with Crippen molar-refractivity contribution in [3.63, 3.8) is 0 Å². The fraction of sp³-hybridized carbons (Fsp3) is 0.800. The first-order valence-corrected chi connectivity index (χ1v) is 6.79. The van der Waals surface area contributed by atoms with Gasteiger partial charge >= 0.3 is 5.30 Å². The van der Waals surface area contributed by atoms with Gasteiger partial charge in [-0.15, -0.1) is 0 Å². The summed E-state index contributed by atoms with van der Waals surface area (Å²) >= 11 is 5.96. The van der Waals surface area contributed by atoms with Gasteiger partial charge in [0.05, 0.1) is 6.61 Å². The molecule has 0 aromatic carbocycles. The van der Waals surface area contributed by atoms with Crippen LogP contribution in [0.5, 0.6) is 0 Å². The lowest BCUT2D eigenvalue weighted by Gasteiger charge is -2.15. The largest absolute Gasteiger partial charge is 0.458 e. The Morgan fingerprint density at radius 3 is 2.81 bits per heavy atom. The first-order chi connectivity index (χ1) is 7.72. The maximum Gasteiger partial charge on any atom is 0.374 e. The Bertz CT molecular complexity index is 243. The molecule has 0 amide bonds. The summed E-state index contributed by atoms with van der Waals surface area (Å²) in [6.07, 6.45) is 2.59. The van der Waals surface area contributed by atoms with Gasteiger partial charge in [0.2, 0.25) is 0 Å². The minimum atomic E-state index is -0.332. The average Bonchev–Trinajstić information content (AvgIpc) is 2.70. The molecule has 6 heteroatoms. The van der Waals surface area contributed by atoms with Gasteiger partial charge in [-0.05, 0) is 32.9 Å². The maximum absolute atomic E-state index is 11.1. The molecule has 0 spiro atoms. The van der Waals surface area contributed by atoms with E-state index in [9.17, 15) is 4.79 Å². The van der Waals surface area contributed by atoms with E-state index in [1.165, 1.54) is 25.9 Å². The Morgan fingerprint density at radius 1 is 1.50 bits per heavy atom. The lowest BCUT2D eigenvalue weighted by molar-refractivity contribution is 0.182. The van der Waals surface area contributed by atoms with E-state index in [0.717, 1.165) is 24.9 Å². The molecule has 1 aliphatic heterocycles. The molecule has 0 aliphatic carbocycles. The number of hydrogen-bond acceptors (Lipinski definition) is 5. The standard InChI is InChI=1S/C10H18N2O2S2/c1-2-14-10(13)16-9(15)11-5-8-12-6-3-4-7-12/h2-8H2,1H3,(H,11,15). The molecular weight excluding hydrogens is 244 g/mol. The monoisotopic (exact) mass is 262 g/mol. The molecule has 1 aliphatic rings. The van der Waals surface area contributed by atoms with Crippen molar-refractivity contribution in [2.45, 2.75) is 19.8 Å². The first kappa shape index (κ1) is 13.7. The Balaban J connectivity index is 2.03. The second kappa shape index (κ2) is 7.86. The highest BCUT2D eigenvalue weighted by Gasteiger charge is 2.11. The Kier molecular flexibility index (Phi) is 6.75. The van der Waals surface area contributed by atoms with E-state index >= 15 is 0 Å². The van der Waals surface area contributed by atoms with E-state index < -0.39 is 0 Å². The molecule has 0 unspecified atom stereocenters. The lowest BCUT2D eigenvalue weighted by atomic mass is 10.4. The molecule has 1 saturated heterocycles. The second-order valence-electron chi connectivity index (χ2n) is 3.55. The number of likely N-dealkylation sites (tertiary alicyclic amines) is 1. The number of rotatable bonds is 4. The molecule has 1 heterocycles. The number of nitrogens with zero attached hydrogens (tertiary/aromatic N) is 1. The van der Waals surface area contributed by atoms with Crippen molar-refractivity contribution < 1.29 is 9.53 Å². The van der Waals surface area contributed by atoms with Crippen LogP contribution in [0, 0.1) is 0 Å². The van der Waals surface area contributed by atoms with Gasteiger partial charge in [0.1, 0.15) is 4.32 Å². The molecule has 0 aromatic rings. The van der Waals surface area contributed by atoms with Gasteiger partial charge in [0.25, 0.3) is 0 Å². The fourth-order valence-corrected chi connectivity index (χ4v) is 2.39. The van der Waals surface area contributed by atoms with Gasteiger partial charge in [-0.25, -0.2) is 4.79 Å². The molecular formula is C10H18N2O2S2. The zero-order chi connectivity index (χ0) is 11.8. The number of hydrogen-bond donors (Lipinski definition) is 1. The summed E-state index contributed by atoms with van der Waals surface area (Å²) in [4.78, 5) is 13.5. The van der Waals surface area contributed by atoms with Crippen LogP contribution >= 0.6 is 24.0 Å².